The van der Waals surface area contributed by atoms with Crippen LogP contribution in [-0.4, -0.2) is 5.33 Å². The van der Waals surface area contributed by atoms with Crippen molar-refractivity contribution in [2.75, 3.05) is 5.33 Å². The normalized spacial score (nSPS) is 12.1. The van der Waals surface area contributed by atoms with E-state index in [1.165, 1.54) is 6.07 Å². The third-order valence-electron chi connectivity index (χ3n) is 1.87. The van der Waals surface area contributed by atoms with E-state index in [1.54, 1.807) is 12.1 Å². The van der Waals surface area contributed by atoms with E-state index in [0.29, 0.717) is 17.3 Å². The van der Waals surface area contributed by atoms with Gasteiger partial charge in [0, 0.05) is 5.33 Å². The molecule has 0 saturated carbocycles. The maximum Gasteiger partial charge on any atom is 0.142 e. The quantitative estimate of drug-likeness (QED) is 0.775. The van der Waals surface area contributed by atoms with E-state index in [9.17, 15) is 4.39 Å². The molecule has 74 valence electrons. The lowest BCUT2D eigenvalue weighted by molar-refractivity contribution is 0.623. The Kier molecular flexibility index (Phi) is 4.37. The van der Waals surface area contributed by atoms with Gasteiger partial charge < -0.3 is 0 Å². The molecular formula is C10H8BrClFN. The van der Waals surface area contributed by atoms with Gasteiger partial charge in [0.15, 0.2) is 0 Å². The van der Waals surface area contributed by atoms with E-state index in [4.69, 9.17) is 16.9 Å². The standard InChI is InChI=1S/C10H8BrClFN/c11-5-7(6-14)4-8-2-1-3-9(13)10(8)12/h1-3,7H,4-5H2. The molecule has 0 N–H and O–H groups in total. The molecule has 4 heteroatoms. The van der Waals surface area contributed by atoms with Crippen molar-refractivity contribution >= 4 is 27.5 Å². The summed E-state index contributed by atoms with van der Waals surface area (Å²) in [6, 6.07) is 6.76. The van der Waals surface area contributed by atoms with Crippen LogP contribution in [0.25, 0.3) is 0 Å². The molecule has 0 aromatic heterocycles. The van der Waals surface area contributed by atoms with E-state index < -0.39 is 5.82 Å². The minimum atomic E-state index is -0.435. The fourth-order valence-corrected chi connectivity index (χ4v) is 1.68. The minimum absolute atomic E-state index is 0.119. The van der Waals surface area contributed by atoms with Crippen LogP contribution in [0, 0.1) is 23.1 Å². The number of rotatable bonds is 3. The fourth-order valence-electron chi connectivity index (χ4n) is 1.11. The van der Waals surface area contributed by atoms with Gasteiger partial charge in [-0.3, -0.25) is 0 Å². The first kappa shape index (κ1) is 11.5. The molecule has 0 radical (unpaired) electrons. The lowest BCUT2D eigenvalue weighted by Gasteiger charge is -2.07. The Morgan fingerprint density at radius 3 is 2.86 bits per heavy atom. The molecule has 0 saturated heterocycles. The van der Waals surface area contributed by atoms with Gasteiger partial charge in [0.05, 0.1) is 17.0 Å². The van der Waals surface area contributed by atoms with Crippen molar-refractivity contribution in [3.8, 4) is 6.07 Å². The highest BCUT2D eigenvalue weighted by Crippen LogP contribution is 2.22. The molecule has 0 bridgehead atoms. The molecule has 1 rings (SSSR count). The molecular weight excluding hydrogens is 268 g/mol. The predicted octanol–water partition coefficient (Wildman–Crippen LogP) is 3.56. The second kappa shape index (κ2) is 5.33. The maximum atomic E-state index is 13.0. The molecule has 0 amide bonds. The highest BCUT2D eigenvalue weighted by Gasteiger charge is 2.11. The van der Waals surface area contributed by atoms with Gasteiger partial charge in [0.2, 0.25) is 0 Å². The smallest absolute Gasteiger partial charge is 0.142 e. The topological polar surface area (TPSA) is 23.8 Å². The van der Waals surface area contributed by atoms with Crippen molar-refractivity contribution in [2.24, 2.45) is 5.92 Å². The van der Waals surface area contributed by atoms with Crippen molar-refractivity contribution in [3.05, 3.63) is 34.6 Å². The number of nitrogens with zero attached hydrogens (tertiary/aromatic N) is 1. The van der Waals surface area contributed by atoms with Gasteiger partial charge >= 0.3 is 0 Å². The molecule has 0 aliphatic rings. The summed E-state index contributed by atoms with van der Waals surface area (Å²) in [6.45, 7) is 0. The molecule has 1 aromatic carbocycles. The molecule has 14 heavy (non-hydrogen) atoms. The van der Waals surface area contributed by atoms with Gasteiger partial charge in [0.25, 0.3) is 0 Å². The Morgan fingerprint density at radius 1 is 1.57 bits per heavy atom. The fraction of sp³-hybridized carbons (Fsp3) is 0.300. The summed E-state index contributed by atoms with van der Waals surface area (Å²) in [4.78, 5) is 0. The SMILES string of the molecule is N#CC(CBr)Cc1cccc(F)c1Cl. The third-order valence-corrected chi connectivity index (χ3v) is 3.07. The first-order valence-electron chi connectivity index (χ1n) is 4.07. The van der Waals surface area contributed by atoms with Crippen LogP contribution < -0.4 is 0 Å². The zero-order chi connectivity index (χ0) is 10.6. The Bertz CT molecular complexity index is 362. The van der Waals surface area contributed by atoms with Crippen LogP contribution in [0.15, 0.2) is 18.2 Å². The molecule has 0 fully saturated rings. The van der Waals surface area contributed by atoms with Crippen molar-refractivity contribution in [2.45, 2.75) is 6.42 Å². The Morgan fingerprint density at radius 2 is 2.29 bits per heavy atom. The van der Waals surface area contributed by atoms with Crippen molar-refractivity contribution in [1.82, 2.24) is 0 Å². The summed E-state index contributed by atoms with van der Waals surface area (Å²) in [5.74, 6) is -0.607. The third kappa shape index (κ3) is 2.70. The van der Waals surface area contributed by atoms with Gasteiger partial charge in [-0.2, -0.15) is 5.26 Å². The number of hydrogen-bond donors (Lipinski definition) is 0. The van der Waals surface area contributed by atoms with Gasteiger partial charge in [-0.25, -0.2) is 4.39 Å². The van der Waals surface area contributed by atoms with E-state index in [0.717, 1.165) is 0 Å². The summed E-state index contributed by atoms with van der Waals surface area (Å²) in [7, 11) is 0. The lowest BCUT2D eigenvalue weighted by Crippen LogP contribution is -2.04. The predicted molar refractivity (Wildman–Crippen MR) is 58.0 cm³/mol. The summed E-state index contributed by atoms with van der Waals surface area (Å²) in [6.07, 6.45) is 0.471. The summed E-state index contributed by atoms with van der Waals surface area (Å²) in [5.41, 5.74) is 0.678. The Hall–Kier alpha value is -0.590. The number of hydrogen-bond acceptors (Lipinski definition) is 1. The van der Waals surface area contributed by atoms with Crippen molar-refractivity contribution in [1.29, 1.82) is 5.26 Å². The zero-order valence-electron chi connectivity index (χ0n) is 7.30. The highest BCUT2D eigenvalue weighted by molar-refractivity contribution is 9.09. The molecule has 0 aliphatic carbocycles. The van der Waals surface area contributed by atoms with Crippen LogP contribution in [0.4, 0.5) is 4.39 Å². The van der Waals surface area contributed by atoms with Crippen molar-refractivity contribution in [3.63, 3.8) is 0 Å². The number of alkyl halides is 1. The van der Waals surface area contributed by atoms with Gasteiger partial charge in [0.1, 0.15) is 5.82 Å². The monoisotopic (exact) mass is 275 g/mol. The number of halogens is 3. The van der Waals surface area contributed by atoms with E-state index >= 15 is 0 Å². The summed E-state index contributed by atoms with van der Waals surface area (Å²) in [5, 5.41) is 9.42. The Balaban J connectivity index is 2.87. The summed E-state index contributed by atoms with van der Waals surface area (Å²) >= 11 is 8.97. The molecule has 1 nitrogen and oxygen atoms in total. The van der Waals surface area contributed by atoms with Crippen molar-refractivity contribution < 1.29 is 4.39 Å². The van der Waals surface area contributed by atoms with Crippen LogP contribution in [0.1, 0.15) is 5.56 Å². The largest absolute Gasteiger partial charge is 0.205 e. The molecule has 1 unspecified atom stereocenters. The lowest BCUT2D eigenvalue weighted by atomic mass is 10.0. The van der Waals surface area contributed by atoms with Gasteiger partial charge in [-0.1, -0.05) is 39.7 Å². The molecule has 0 heterocycles. The number of benzene rings is 1. The first-order valence-corrected chi connectivity index (χ1v) is 5.57. The number of nitriles is 1. The van der Waals surface area contributed by atoms with Gasteiger partial charge in [-0.15, -0.1) is 0 Å². The second-order valence-electron chi connectivity index (χ2n) is 2.90. The second-order valence-corrected chi connectivity index (χ2v) is 3.92. The summed E-state index contributed by atoms with van der Waals surface area (Å²) < 4.78 is 13.0. The average Bonchev–Trinajstić information content (AvgIpc) is 2.20. The van der Waals surface area contributed by atoms with Crippen LogP contribution in [-0.2, 0) is 6.42 Å². The van der Waals surface area contributed by atoms with Crippen LogP contribution in [0.3, 0.4) is 0 Å². The minimum Gasteiger partial charge on any atom is -0.205 e. The average molecular weight is 277 g/mol. The molecule has 1 aromatic rings. The van der Waals surface area contributed by atoms with E-state index in [1.807, 2.05) is 0 Å². The van der Waals surface area contributed by atoms with E-state index in [-0.39, 0.29) is 10.9 Å². The maximum absolute atomic E-state index is 13.0. The Labute approximate surface area is 95.6 Å². The van der Waals surface area contributed by atoms with Gasteiger partial charge in [-0.05, 0) is 18.1 Å². The van der Waals surface area contributed by atoms with E-state index in [2.05, 4.69) is 22.0 Å². The zero-order valence-corrected chi connectivity index (χ0v) is 9.65. The van der Waals surface area contributed by atoms with Crippen LogP contribution >= 0.6 is 27.5 Å². The molecule has 0 spiro atoms. The van der Waals surface area contributed by atoms with Crippen LogP contribution in [0.2, 0.25) is 5.02 Å². The molecule has 1 atom stereocenters. The molecule has 0 aliphatic heterocycles. The van der Waals surface area contributed by atoms with Crippen LogP contribution in [0.5, 0.6) is 0 Å². The highest BCUT2D eigenvalue weighted by atomic mass is 79.9. The first-order chi connectivity index (χ1) is 6.69.